The minimum atomic E-state index is -0.994. The molecule has 7 nitrogen and oxygen atoms in total. The fourth-order valence-corrected chi connectivity index (χ4v) is 2.72. The molecule has 1 heterocycles. The van der Waals surface area contributed by atoms with E-state index < -0.39 is 12.1 Å². The van der Waals surface area contributed by atoms with Crippen LogP contribution in [-0.4, -0.2) is 41.0 Å². The van der Waals surface area contributed by atoms with Crippen molar-refractivity contribution in [3.05, 3.63) is 71.1 Å². The second kappa shape index (κ2) is 9.34. The van der Waals surface area contributed by atoms with E-state index in [2.05, 4.69) is 10.1 Å². The fraction of sp³-hybridized carbons (Fsp3) is 0.238. The summed E-state index contributed by atoms with van der Waals surface area (Å²) in [4.78, 5) is 30.4. The summed E-state index contributed by atoms with van der Waals surface area (Å²) in [6.45, 7) is 0. The zero-order chi connectivity index (χ0) is 20.8. The van der Waals surface area contributed by atoms with Crippen molar-refractivity contribution in [2.24, 2.45) is 0 Å². The Morgan fingerprint density at radius 3 is 2.45 bits per heavy atom. The van der Waals surface area contributed by atoms with Crippen LogP contribution in [0.4, 0.5) is 0 Å². The lowest BCUT2D eigenvalue weighted by Gasteiger charge is -2.21. The summed E-state index contributed by atoms with van der Waals surface area (Å²) < 4.78 is 10.6. The van der Waals surface area contributed by atoms with E-state index in [0.29, 0.717) is 22.3 Å². The van der Waals surface area contributed by atoms with Gasteiger partial charge in [0.25, 0.3) is 5.91 Å². The molecule has 150 valence electrons. The normalized spacial score (nSPS) is 11.7. The van der Waals surface area contributed by atoms with Crippen molar-refractivity contribution < 1.29 is 18.8 Å². The van der Waals surface area contributed by atoms with Crippen LogP contribution in [0.15, 0.2) is 59.1 Å². The monoisotopic (exact) mass is 413 g/mol. The summed E-state index contributed by atoms with van der Waals surface area (Å²) in [7, 11) is 3.23. The van der Waals surface area contributed by atoms with E-state index in [1.165, 1.54) is 4.90 Å². The van der Waals surface area contributed by atoms with Gasteiger partial charge in [-0.1, -0.05) is 47.1 Å². The van der Waals surface area contributed by atoms with E-state index in [-0.39, 0.29) is 18.7 Å². The molecule has 0 bridgehead atoms. The quantitative estimate of drug-likeness (QED) is 0.549. The van der Waals surface area contributed by atoms with Crippen LogP contribution in [0.1, 0.15) is 24.0 Å². The summed E-state index contributed by atoms with van der Waals surface area (Å²) in [5.74, 6) is -0.121. The number of rotatable bonds is 7. The topological polar surface area (TPSA) is 85.5 Å². The standard InChI is InChI=1S/C21H20ClN3O4/c1-25(2)21(27)19(14-6-4-3-5-7-14)28-18(26)13-12-17-23-20(24-29-17)15-8-10-16(22)11-9-15/h3-11,19H,12-13H2,1-2H3. The Hall–Kier alpha value is -3.19. The lowest BCUT2D eigenvalue weighted by Crippen LogP contribution is -2.31. The number of carbonyl (C=O) groups excluding carboxylic acids is 2. The van der Waals surface area contributed by atoms with Gasteiger partial charge in [-0.3, -0.25) is 9.59 Å². The van der Waals surface area contributed by atoms with Crippen LogP contribution in [0.3, 0.4) is 0 Å². The van der Waals surface area contributed by atoms with Crippen LogP contribution in [0.25, 0.3) is 11.4 Å². The lowest BCUT2D eigenvalue weighted by atomic mass is 10.1. The van der Waals surface area contributed by atoms with Gasteiger partial charge in [0.15, 0.2) is 0 Å². The van der Waals surface area contributed by atoms with Gasteiger partial charge in [-0.15, -0.1) is 0 Å². The number of hydrogen-bond donors (Lipinski definition) is 0. The Bertz CT molecular complexity index is 971. The largest absolute Gasteiger partial charge is 0.447 e. The van der Waals surface area contributed by atoms with Gasteiger partial charge in [0.1, 0.15) is 0 Å². The molecule has 29 heavy (non-hydrogen) atoms. The molecule has 0 aliphatic rings. The summed E-state index contributed by atoms with van der Waals surface area (Å²) in [5, 5.41) is 4.52. The van der Waals surface area contributed by atoms with E-state index in [4.69, 9.17) is 20.9 Å². The van der Waals surface area contributed by atoms with Gasteiger partial charge in [-0.05, 0) is 24.3 Å². The first-order valence-corrected chi connectivity index (χ1v) is 9.36. The third kappa shape index (κ3) is 5.42. The SMILES string of the molecule is CN(C)C(=O)C(OC(=O)CCc1nc(-c2ccc(Cl)cc2)no1)c1ccccc1. The Balaban J connectivity index is 1.62. The summed E-state index contributed by atoms with van der Waals surface area (Å²) in [6, 6.07) is 15.9. The van der Waals surface area contributed by atoms with Crippen LogP contribution in [0.5, 0.6) is 0 Å². The van der Waals surface area contributed by atoms with Gasteiger partial charge in [-0.25, -0.2) is 0 Å². The first kappa shape index (κ1) is 20.5. The number of likely N-dealkylation sites (N-methyl/N-ethyl adjacent to an activating group) is 1. The van der Waals surface area contributed by atoms with Gasteiger partial charge in [0.05, 0.1) is 6.42 Å². The molecule has 0 N–H and O–H groups in total. The summed E-state index contributed by atoms with van der Waals surface area (Å²) in [6.07, 6.45) is -0.783. The molecule has 0 saturated carbocycles. The lowest BCUT2D eigenvalue weighted by molar-refractivity contribution is -0.159. The molecule has 0 spiro atoms. The van der Waals surface area contributed by atoms with Crippen molar-refractivity contribution in [2.45, 2.75) is 18.9 Å². The van der Waals surface area contributed by atoms with Crippen LogP contribution < -0.4 is 0 Å². The Morgan fingerprint density at radius 1 is 1.10 bits per heavy atom. The number of benzene rings is 2. The van der Waals surface area contributed by atoms with E-state index in [9.17, 15) is 9.59 Å². The Morgan fingerprint density at radius 2 is 1.79 bits per heavy atom. The number of halogens is 1. The Kier molecular flexibility index (Phi) is 6.61. The van der Waals surface area contributed by atoms with Gasteiger partial charge in [-0.2, -0.15) is 4.98 Å². The number of aryl methyl sites for hydroxylation is 1. The number of aromatic nitrogens is 2. The van der Waals surface area contributed by atoms with Crippen molar-refractivity contribution in [3.63, 3.8) is 0 Å². The van der Waals surface area contributed by atoms with Crippen LogP contribution in [-0.2, 0) is 20.7 Å². The molecule has 3 aromatic rings. The number of ether oxygens (including phenoxy) is 1. The van der Waals surface area contributed by atoms with E-state index in [1.54, 1.807) is 62.6 Å². The maximum Gasteiger partial charge on any atom is 0.307 e. The molecule has 1 atom stereocenters. The van der Waals surface area contributed by atoms with Gasteiger partial charge >= 0.3 is 5.97 Å². The average molecular weight is 414 g/mol. The molecule has 3 rings (SSSR count). The maximum absolute atomic E-state index is 12.4. The third-order valence-electron chi connectivity index (χ3n) is 4.13. The molecule has 0 aliphatic heterocycles. The maximum atomic E-state index is 12.4. The molecule has 8 heteroatoms. The minimum Gasteiger partial charge on any atom is -0.447 e. The number of esters is 1. The van der Waals surface area contributed by atoms with Crippen LogP contribution in [0, 0.1) is 0 Å². The highest BCUT2D eigenvalue weighted by atomic mass is 35.5. The van der Waals surface area contributed by atoms with Crippen molar-refractivity contribution in [1.29, 1.82) is 0 Å². The number of amides is 1. The van der Waals surface area contributed by atoms with E-state index in [0.717, 1.165) is 5.56 Å². The van der Waals surface area contributed by atoms with Gasteiger partial charge in [0.2, 0.25) is 17.8 Å². The zero-order valence-electron chi connectivity index (χ0n) is 16.0. The molecule has 1 amide bonds. The molecule has 0 radical (unpaired) electrons. The van der Waals surface area contributed by atoms with Crippen LogP contribution in [0.2, 0.25) is 5.02 Å². The molecule has 1 aromatic heterocycles. The molecule has 1 unspecified atom stereocenters. The van der Waals surface area contributed by atoms with Gasteiger partial charge in [0, 0.05) is 36.7 Å². The molecule has 0 aliphatic carbocycles. The average Bonchev–Trinajstić information content (AvgIpc) is 3.20. The Labute approximate surface area is 173 Å². The number of carbonyl (C=O) groups is 2. The molecular weight excluding hydrogens is 394 g/mol. The van der Waals surface area contributed by atoms with E-state index >= 15 is 0 Å². The fourth-order valence-electron chi connectivity index (χ4n) is 2.60. The highest BCUT2D eigenvalue weighted by molar-refractivity contribution is 6.30. The first-order valence-electron chi connectivity index (χ1n) is 8.98. The van der Waals surface area contributed by atoms with Crippen molar-refractivity contribution in [2.75, 3.05) is 14.1 Å². The highest BCUT2D eigenvalue weighted by Crippen LogP contribution is 2.21. The molecule has 2 aromatic carbocycles. The van der Waals surface area contributed by atoms with Crippen molar-refractivity contribution in [1.82, 2.24) is 15.0 Å². The van der Waals surface area contributed by atoms with Crippen molar-refractivity contribution >= 4 is 23.5 Å². The smallest absolute Gasteiger partial charge is 0.307 e. The predicted molar refractivity (Wildman–Crippen MR) is 107 cm³/mol. The highest BCUT2D eigenvalue weighted by Gasteiger charge is 2.26. The molecular formula is C21H20ClN3O4. The summed E-state index contributed by atoms with van der Waals surface area (Å²) in [5.41, 5.74) is 1.37. The van der Waals surface area contributed by atoms with Crippen LogP contribution >= 0.6 is 11.6 Å². The predicted octanol–water partition coefficient (Wildman–Crippen LogP) is 3.70. The number of nitrogens with zero attached hydrogens (tertiary/aromatic N) is 3. The second-order valence-electron chi connectivity index (χ2n) is 6.53. The zero-order valence-corrected chi connectivity index (χ0v) is 16.8. The second-order valence-corrected chi connectivity index (χ2v) is 6.97. The first-order chi connectivity index (χ1) is 13.9. The minimum absolute atomic E-state index is 0.00624. The van der Waals surface area contributed by atoms with E-state index in [1.807, 2.05) is 6.07 Å². The third-order valence-corrected chi connectivity index (χ3v) is 4.38. The molecule has 0 fully saturated rings. The number of hydrogen-bond acceptors (Lipinski definition) is 6. The molecule has 0 saturated heterocycles. The van der Waals surface area contributed by atoms with Crippen molar-refractivity contribution in [3.8, 4) is 11.4 Å². The van der Waals surface area contributed by atoms with Gasteiger partial charge < -0.3 is 14.2 Å². The summed E-state index contributed by atoms with van der Waals surface area (Å²) >= 11 is 5.87.